The van der Waals surface area contributed by atoms with Crippen LogP contribution < -0.4 is 5.73 Å². The Morgan fingerprint density at radius 1 is 1.61 bits per heavy atom. The van der Waals surface area contributed by atoms with Crippen molar-refractivity contribution in [1.82, 2.24) is 14.5 Å². The standard InChI is InChI=1S/C11H14N4O2S/c1-7(10-13-3-4-18-10)5-15-6-14-8(9(15)12)11(16)17-2/h3-4,6-7H,5,12H2,1-2H3. The molecule has 0 saturated heterocycles. The highest BCUT2D eigenvalue weighted by Gasteiger charge is 2.18. The molecule has 0 aromatic carbocycles. The van der Waals surface area contributed by atoms with Crippen molar-refractivity contribution in [2.75, 3.05) is 12.8 Å². The summed E-state index contributed by atoms with van der Waals surface area (Å²) in [7, 11) is 1.30. The molecule has 0 aliphatic rings. The number of rotatable bonds is 4. The predicted molar refractivity (Wildman–Crippen MR) is 68.5 cm³/mol. The monoisotopic (exact) mass is 266 g/mol. The molecule has 2 aromatic rings. The number of carbonyl (C=O) groups is 1. The van der Waals surface area contributed by atoms with Crippen LogP contribution in [0.25, 0.3) is 0 Å². The number of carbonyl (C=O) groups excluding carboxylic acids is 1. The highest BCUT2D eigenvalue weighted by atomic mass is 32.1. The van der Waals surface area contributed by atoms with Crippen LogP contribution in [0.2, 0.25) is 0 Å². The first-order chi connectivity index (χ1) is 8.63. The number of methoxy groups -OCH3 is 1. The number of nitrogens with zero attached hydrogens (tertiary/aromatic N) is 3. The second-order valence-electron chi connectivity index (χ2n) is 3.89. The molecule has 0 aliphatic heterocycles. The van der Waals surface area contributed by atoms with Gasteiger partial charge >= 0.3 is 5.97 Å². The van der Waals surface area contributed by atoms with Crippen LogP contribution in [-0.2, 0) is 11.3 Å². The lowest BCUT2D eigenvalue weighted by Crippen LogP contribution is -2.11. The van der Waals surface area contributed by atoms with Crippen LogP contribution in [0, 0.1) is 0 Å². The number of aromatic nitrogens is 3. The van der Waals surface area contributed by atoms with Crippen molar-refractivity contribution in [1.29, 1.82) is 0 Å². The Bertz CT molecular complexity index is 535. The van der Waals surface area contributed by atoms with Gasteiger partial charge in [0.15, 0.2) is 5.69 Å². The number of anilines is 1. The smallest absolute Gasteiger partial charge is 0.360 e. The van der Waals surface area contributed by atoms with Gasteiger partial charge in [0.2, 0.25) is 0 Å². The first-order valence-corrected chi connectivity index (χ1v) is 6.29. The normalized spacial score (nSPS) is 12.3. The van der Waals surface area contributed by atoms with Gasteiger partial charge in [0, 0.05) is 24.0 Å². The van der Waals surface area contributed by atoms with E-state index in [-0.39, 0.29) is 11.6 Å². The molecule has 0 aliphatic carbocycles. The molecular formula is C11H14N4O2S. The van der Waals surface area contributed by atoms with Crippen molar-refractivity contribution in [3.63, 3.8) is 0 Å². The van der Waals surface area contributed by atoms with E-state index in [0.29, 0.717) is 12.4 Å². The zero-order valence-corrected chi connectivity index (χ0v) is 11.0. The van der Waals surface area contributed by atoms with Gasteiger partial charge in [-0.1, -0.05) is 6.92 Å². The van der Waals surface area contributed by atoms with Crippen molar-refractivity contribution in [2.45, 2.75) is 19.4 Å². The van der Waals surface area contributed by atoms with Crippen LogP contribution in [0.1, 0.15) is 28.3 Å². The predicted octanol–water partition coefficient (Wildman–Crippen LogP) is 1.51. The summed E-state index contributed by atoms with van der Waals surface area (Å²) in [5.41, 5.74) is 6.02. The number of imidazole rings is 1. The summed E-state index contributed by atoms with van der Waals surface area (Å²) in [6, 6.07) is 0. The second-order valence-corrected chi connectivity index (χ2v) is 4.82. The van der Waals surface area contributed by atoms with Gasteiger partial charge in [-0.3, -0.25) is 0 Å². The molecule has 96 valence electrons. The molecule has 0 spiro atoms. The Kier molecular flexibility index (Phi) is 3.61. The molecule has 6 nitrogen and oxygen atoms in total. The second kappa shape index (κ2) is 5.18. The number of thiazole rings is 1. The maximum Gasteiger partial charge on any atom is 0.360 e. The summed E-state index contributed by atoms with van der Waals surface area (Å²) in [5.74, 6) is 0.0189. The van der Waals surface area contributed by atoms with Gasteiger partial charge in [-0.2, -0.15) is 0 Å². The third-order valence-electron chi connectivity index (χ3n) is 2.60. The lowest BCUT2D eigenvalue weighted by Gasteiger charge is -2.10. The lowest BCUT2D eigenvalue weighted by molar-refractivity contribution is 0.0596. The molecule has 0 fully saturated rings. The molecule has 7 heteroatoms. The largest absolute Gasteiger partial charge is 0.464 e. The number of nitrogens with two attached hydrogens (primary N) is 1. The molecule has 2 N–H and O–H groups in total. The molecule has 2 heterocycles. The van der Waals surface area contributed by atoms with E-state index in [0.717, 1.165) is 5.01 Å². The fourth-order valence-corrected chi connectivity index (χ4v) is 2.33. The Morgan fingerprint density at radius 2 is 2.39 bits per heavy atom. The minimum absolute atomic E-state index is 0.156. The fourth-order valence-electron chi connectivity index (χ4n) is 1.64. The van der Waals surface area contributed by atoms with Crippen LogP contribution in [0.4, 0.5) is 5.82 Å². The van der Waals surface area contributed by atoms with E-state index in [2.05, 4.69) is 21.6 Å². The van der Waals surface area contributed by atoms with Gasteiger partial charge in [-0.05, 0) is 0 Å². The highest BCUT2D eigenvalue weighted by molar-refractivity contribution is 7.09. The average Bonchev–Trinajstić information content (AvgIpc) is 3.00. The van der Waals surface area contributed by atoms with Crippen molar-refractivity contribution in [2.24, 2.45) is 0 Å². The van der Waals surface area contributed by atoms with E-state index in [1.165, 1.54) is 7.11 Å². The number of hydrogen-bond acceptors (Lipinski definition) is 6. The van der Waals surface area contributed by atoms with E-state index in [9.17, 15) is 4.79 Å². The Labute approximate surface area is 108 Å². The van der Waals surface area contributed by atoms with Crippen LogP contribution in [-0.4, -0.2) is 27.6 Å². The third kappa shape index (κ3) is 2.35. The Hall–Kier alpha value is -1.89. The summed E-state index contributed by atoms with van der Waals surface area (Å²) < 4.78 is 6.34. The maximum atomic E-state index is 11.4. The molecule has 0 saturated carbocycles. The molecule has 18 heavy (non-hydrogen) atoms. The lowest BCUT2D eigenvalue weighted by atomic mass is 10.2. The topological polar surface area (TPSA) is 83.0 Å². The van der Waals surface area contributed by atoms with Gasteiger partial charge < -0.3 is 15.0 Å². The third-order valence-corrected chi connectivity index (χ3v) is 3.61. The van der Waals surface area contributed by atoms with Crippen LogP contribution in [0.5, 0.6) is 0 Å². The van der Waals surface area contributed by atoms with E-state index >= 15 is 0 Å². The molecule has 1 unspecified atom stereocenters. The first-order valence-electron chi connectivity index (χ1n) is 5.41. The maximum absolute atomic E-state index is 11.4. The number of hydrogen-bond donors (Lipinski definition) is 1. The van der Waals surface area contributed by atoms with Gasteiger partial charge in [-0.15, -0.1) is 11.3 Å². The minimum atomic E-state index is -0.520. The zero-order chi connectivity index (χ0) is 13.1. The Morgan fingerprint density at radius 3 is 3.00 bits per heavy atom. The van der Waals surface area contributed by atoms with E-state index in [1.807, 2.05) is 5.38 Å². The van der Waals surface area contributed by atoms with E-state index in [1.54, 1.807) is 28.4 Å². The fraction of sp³-hybridized carbons (Fsp3) is 0.364. The van der Waals surface area contributed by atoms with Gasteiger partial charge in [0.1, 0.15) is 5.82 Å². The van der Waals surface area contributed by atoms with Crippen molar-refractivity contribution >= 4 is 23.1 Å². The molecule has 2 rings (SSSR count). The van der Waals surface area contributed by atoms with Crippen molar-refractivity contribution in [3.8, 4) is 0 Å². The Balaban J connectivity index is 2.15. The number of esters is 1. The van der Waals surface area contributed by atoms with Crippen LogP contribution >= 0.6 is 11.3 Å². The van der Waals surface area contributed by atoms with Crippen LogP contribution in [0.3, 0.4) is 0 Å². The average molecular weight is 266 g/mol. The molecule has 0 bridgehead atoms. The van der Waals surface area contributed by atoms with Crippen molar-refractivity contribution in [3.05, 3.63) is 28.6 Å². The molecule has 1 atom stereocenters. The van der Waals surface area contributed by atoms with Gasteiger partial charge in [0.25, 0.3) is 0 Å². The van der Waals surface area contributed by atoms with E-state index < -0.39 is 5.97 Å². The first kappa shape index (κ1) is 12.6. The number of nitrogen functional groups attached to an aromatic ring is 1. The van der Waals surface area contributed by atoms with Crippen LogP contribution in [0.15, 0.2) is 17.9 Å². The van der Waals surface area contributed by atoms with E-state index in [4.69, 9.17) is 5.73 Å². The summed E-state index contributed by atoms with van der Waals surface area (Å²) in [6.45, 7) is 2.68. The quantitative estimate of drug-likeness (QED) is 0.848. The molecular weight excluding hydrogens is 252 g/mol. The summed E-state index contributed by atoms with van der Waals surface area (Å²) in [4.78, 5) is 19.6. The summed E-state index contributed by atoms with van der Waals surface area (Å²) in [6.07, 6.45) is 3.32. The SMILES string of the molecule is COC(=O)c1ncn(CC(C)c2nccs2)c1N. The molecule has 0 radical (unpaired) electrons. The highest BCUT2D eigenvalue weighted by Crippen LogP contribution is 2.22. The van der Waals surface area contributed by atoms with Gasteiger partial charge in [0.05, 0.1) is 18.4 Å². The summed E-state index contributed by atoms with van der Waals surface area (Å²) in [5, 5.41) is 2.96. The molecule has 2 aromatic heterocycles. The number of ether oxygens (including phenoxy) is 1. The molecule has 0 amide bonds. The minimum Gasteiger partial charge on any atom is -0.464 e. The van der Waals surface area contributed by atoms with Gasteiger partial charge in [-0.25, -0.2) is 14.8 Å². The summed E-state index contributed by atoms with van der Waals surface area (Å²) >= 11 is 1.60. The zero-order valence-electron chi connectivity index (χ0n) is 10.2. The van der Waals surface area contributed by atoms with Crippen molar-refractivity contribution < 1.29 is 9.53 Å².